The van der Waals surface area contributed by atoms with E-state index in [4.69, 9.17) is 4.74 Å². The summed E-state index contributed by atoms with van der Waals surface area (Å²) in [6.07, 6.45) is 1.54. The van der Waals surface area contributed by atoms with Crippen molar-refractivity contribution in [2.75, 3.05) is 12.4 Å². The van der Waals surface area contributed by atoms with Crippen LogP contribution in [-0.4, -0.2) is 18.0 Å². The van der Waals surface area contributed by atoms with E-state index in [-0.39, 0.29) is 5.91 Å². The Bertz CT molecular complexity index is 593. The molecule has 0 bridgehead atoms. The SMILES string of the molecule is CCC(C)CC(=O)Nc1nc(-c2ccc(OC)cc2)cs1. The molecule has 5 heteroatoms. The van der Waals surface area contributed by atoms with Crippen molar-refractivity contribution in [1.29, 1.82) is 0 Å². The molecule has 0 aliphatic heterocycles. The summed E-state index contributed by atoms with van der Waals surface area (Å²) in [6.45, 7) is 4.16. The van der Waals surface area contributed by atoms with Crippen molar-refractivity contribution < 1.29 is 9.53 Å². The Morgan fingerprint density at radius 3 is 2.71 bits per heavy atom. The molecule has 2 aromatic rings. The van der Waals surface area contributed by atoms with Crippen molar-refractivity contribution in [3.05, 3.63) is 29.6 Å². The van der Waals surface area contributed by atoms with Gasteiger partial charge in [-0.05, 0) is 30.2 Å². The number of nitrogens with one attached hydrogen (secondary N) is 1. The largest absolute Gasteiger partial charge is 0.497 e. The van der Waals surface area contributed by atoms with Crippen LogP contribution in [0.2, 0.25) is 0 Å². The van der Waals surface area contributed by atoms with Crippen LogP contribution in [0.5, 0.6) is 5.75 Å². The molecular formula is C16H20N2O2S. The number of rotatable bonds is 6. The molecular weight excluding hydrogens is 284 g/mol. The molecule has 21 heavy (non-hydrogen) atoms. The third kappa shape index (κ3) is 4.29. The van der Waals surface area contributed by atoms with Crippen LogP contribution in [0.25, 0.3) is 11.3 Å². The van der Waals surface area contributed by atoms with E-state index >= 15 is 0 Å². The van der Waals surface area contributed by atoms with Crippen LogP contribution in [0.4, 0.5) is 5.13 Å². The van der Waals surface area contributed by atoms with E-state index in [0.29, 0.717) is 17.5 Å². The number of anilines is 1. The monoisotopic (exact) mass is 304 g/mol. The minimum atomic E-state index is 0.0278. The zero-order valence-electron chi connectivity index (χ0n) is 12.6. The molecule has 0 aliphatic rings. The summed E-state index contributed by atoms with van der Waals surface area (Å²) in [5.41, 5.74) is 1.87. The maximum atomic E-state index is 11.9. The first-order valence-corrected chi connectivity index (χ1v) is 7.90. The van der Waals surface area contributed by atoms with Crippen molar-refractivity contribution in [3.63, 3.8) is 0 Å². The quantitative estimate of drug-likeness (QED) is 0.870. The Morgan fingerprint density at radius 2 is 2.10 bits per heavy atom. The molecule has 0 spiro atoms. The molecule has 0 aliphatic carbocycles. The second kappa shape index (κ2) is 7.22. The molecule has 0 saturated carbocycles. The van der Waals surface area contributed by atoms with Gasteiger partial charge in [0, 0.05) is 17.4 Å². The Balaban J connectivity index is 2.02. The predicted molar refractivity (Wildman–Crippen MR) is 86.8 cm³/mol. The standard InChI is InChI=1S/C16H20N2O2S/c1-4-11(2)9-15(19)18-16-17-14(10-21-16)12-5-7-13(20-3)8-6-12/h5-8,10-11H,4,9H2,1-3H3,(H,17,18,19). The summed E-state index contributed by atoms with van der Waals surface area (Å²) in [5, 5.41) is 5.46. The second-order valence-corrected chi connectivity index (χ2v) is 5.89. The highest BCUT2D eigenvalue weighted by atomic mass is 32.1. The van der Waals surface area contributed by atoms with Crippen molar-refractivity contribution in [2.45, 2.75) is 26.7 Å². The summed E-state index contributed by atoms with van der Waals surface area (Å²) in [6, 6.07) is 7.71. The van der Waals surface area contributed by atoms with Gasteiger partial charge in [0.05, 0.1) is 12.8 Å². The number of thiazole rings is 1. The molecule has 1 N–H and O–H groups in total. The zero-order valence-corrected chi connectivity index (χ0v) is 13.4. The molecule has 4 nitrogen and oxygen atoms in total. The highest BCUT2D eigenvalue weighted by Crippen LogP contribution is 2.26. The molecule has 112 valence electrons. The van der Waals surface area contributed by atoms with Gasteiger partial charge in [-0.2, -0.15) is 0 Å². The van der Waals surface area contributed by atoms with Gasteiger partial charge in [-0.15, -0.1) is 11.3 Å². The molecule has 1 aromatic carbocycles. The van der Waals surface area contributed by atoms with Crippen LogP contribution in [0.3, 0.4) is 0 Å². The first kappa shape index (κ1) is 15.5. The third-order valence-corrected chi connectivity index (χ3v) is 4.12. The van der Waals surface area contributed by atoms with Gasteiger partial charge < -0.3 is 10.1 Å². The van der Waals surface area contributed by atoms with Crippen LogP contribution < -0.4 is 10.1 Å². The van der Waals surface area contributed by atoms with E-state index in [0.717, 1.165) is 23.4 Å². The normalized spacial score (nSPS) is 12.0. The zero-order chi connectivity index (χ0) is 15.2. The molecule has 0 fully saturated rings. The number of aromatic nitrogens is 1. The molecule has 2 rings (SSSR count). The average molecular weight is 304 g/mol. The number of hydrogen-bond donors (Lipinski definition) is 1. The fourth-order valence-electron chi connectivity index (χ4n) is 1.86. The lowest BCUT2D eigenvalue weighted by Crippen LogP contribution is -2.14. The number of methoxy groups -OCH3 is 1. The van der Waals surface area contributed by atoms with E-state index in [9.17, 15) is 4.79 Å². The minimum Gasteiger partial charge on any atom is -0.497 e. The number of carbonyl (C=O) groups excluding carboxylic acids is 1. The van der Waals surface area contributed by atoms with E-state index in [1.165, 1.54) is 11.3 Å². The van der Waals surface area contributed by atoms with Crippen molar-refractivity contribution in [3.8, 4) is 17.0 Å². The van der Waals surface area contributed by atoms with Gasteiger partial charge >= 0.3 is 0 Å². The van der Waals surface area contributed by atoms with E-state index in [1.54, 1.807) is 7.11 Å². The minimum absolute atomic E-state index is 0.0278. The molecule has 1 unspecified atom stereocenters. The molecule has 1 heterocycles. The van der Waals surface area contributed by atoms with Gasteiger partial charge in [0.1, 0.15) is 5.75 Å². The summed E-state index contributed by atoms with van der Waals surface area (Å²) in [7, 11) is 1.64. The molecule has 1 atom stereocenters. The Kier molecular flexibility index (Phi) is 5.33. The van der Waals surface area contributed by atoms with Crippen LogP contribution >= 0.6 is 11.3 Å². The van der Waals surface area contributed by atoms with Crippen LogP contribution in [0.15, 0.2) is 29.6 Å². The highest BCUT2D eigenvalue weighted by molar-refractivity contribution is 7.14. The molecule has 0 saturated heterocycles. The third-order valence-electron chi connectivity index (χ3n) is 3.37. The van der Waals surface area contributed by atoms with Crippen LogP contribution in [0.1, 0.15) is 26.7 Å². The van der Waals surface area contributed by atoms with E-state index in [1.807, 2.05) is 29.6 Å². The topological polar surface area (TPSA) is 51.2 Å². The lowest BCUT2D eigenvalue weighted by atomic mass is 10.1. The second-order valence-electron chi connectivity index (χ2n) is 5.03. The predicted octanol–water partition coefficient (Wildman–Crippen LogP) is 4.19. The Hall–Kier alpha value is -1.88. The summed E-state index contributed by atoms with van der Waals surface area (Å²) >= 11 is 1.44. The van der Waals surface area contributed by atoms with Crippen molar-refractivity contribution in [1.82, 2.24) is 4.98 Å². The lowest BCUT2D eigenvalue weighted by Gasteiger charge is -2.06. The van der Waals surface area contributed by atoms with Gasteiger partial charge in [-0.3, -0.25) is 4.79 Å². The van der Waals surface area contributed by atoms with Crippen LogP contribution in [0, 0.1) is 5.92 Å². The number of hydrogen-bond acceptors (Lipinski definition) is 4. The fourth-order valence-corrected chi connectivity index (χ4v) is 2.59. The maximum Gasteiger partial charge on any atom is 0.226 e. The summed E-state index contributed by atoms with van der Waals surface area (Å²) < 4.78 is 5.14. The number of ether oxygens (including phenoxy) is 1. The summed E-state index contributed by atoms with van der Waals surface area (Å²) in [5.74, 6) is 1.24. The van der Waals surface area contributed by atoms with Crippen molar-refractivity contribution in [2.24, 2.45) is 5.92 Å². The van der Waals surface area contributed by atoms with Gasteiger partial charge in [-0.25, -0.2) is 4.98 Å². The Labute approximate surface area is 129 Å². The molecule has 0 radical (unpaired) electrons. The maximum absolute atomic E-state index is 11.9. The van der Waals surface area contributed by atoms with Gasteiger partial charge in [0.25, 0.3) is 0 Å². The van der Waals surface area contributed by atoms with E-state index in [2.05, 4.69) is 24.1 Å². The number of amides is 1. The summed E-state index contributed by atoms with van der Waals surface area (Å²) in [4.78, 5) is 16.3. The number of carbonyl (C=O) groups is 1. The molecule has 1 amide bonds. The Morgan fingerprint density at radius 1 is 1.38 bits per heavy atom. The first-order chi connectivity index (χ1) is 10.1. The fraction of sp³-hybridized carbons (Fsp3) is 0.375. The smallest absolute Gasteiger partial charge is 0.226 e. The van der Waals surface area contributed by atoms with Gasteiger partial charge in [0.2, 0.25) is 5.91 Å². The number of benzene rings is 1. The first-order valence-electron chi connectivity index (χ1n) is 7.02. The average Bonchev–Trinajstić information content (AvgIpc) is 2.95. The van der Waals surface area contributed by atoms with Gasteiger partial charge in [0.15, 0.2) is 5.13 Å². The van der Waals surface area contributed by atoms with Crippen molar-refractivity contribution >= 4 is 22.4 Å². The highest BCUT2D eigenvalue weighted by Gasteiger charge is 2.10. The molecule has 1 aromatic heterocycles. The lowest BCUT2D eigenvalue weighted by molar-refractivity contribution is -0.117. The van der Waals surface area contributed by atoms with Crippen LogP contribution in [-0.2, 0) is 4.79 Å². The number of nitrogens with zero attached hydrogens (tertiary/aromatic N) is 1. The van der Waals surface area contributed by atoms with E-state index < -0.39 is 0 Å². The van der Waals surface area contributed by atoms with Gasteiger partial charge in [-0.1, -0.05) is 20.3 Å².